The van der Waals surface area contributed by atoms with E-state index >= 15 is 0 Å². The second-order valence-corrected chi connectivity index (χ2v) is 9.06. The molecule has 6 nitrogen and oxygen atoms in total. The molecule has 1 saturated carbocycles. The average Bonchev–Trinajstić information content (AvgIpc) is 3.40. The van der Waals surface area contributed by atoms with Crippen molar-refractivity contribution in [2.75, 3.05) is 13.1 Å². The van der Waals surface area contributed by atoms with Gasteiger partial charge >= 0.3 is 0 Å². The Labute approximate surface area is 205 Å². The molecule has 1 fully saturated rings. The van der Waals surface area contributed by atoms with Crippen molar-refractivity contribution < 1.29 is 0 Å². The van der Waals surface area contributed by atoms with E-state index in [1.165, 1.54) is 17.7 Å². The molecular weight excluding hydrogens is 519 g/mol. The lowest BCUT2D eigenvalue weighted by molar-refractivity contribution is 0.769. The van der Waals surface area contributed by atoms with Crippen LogP contribution in [0.3, 0.4) is 0 Å². The van der Waals surface area contributed by atoms with E-state index in [1.807, 2.05) is 41.7 Å². The van der Waals surface area contributed by atoms with Crippen molar-refractivity contribution >= 4 is 41.7 Å². The van der Waals surface area contributed by atoms with Gasteiger partial charge in [0.2, 0.25) is 0 Å². The molecule has 0 bridgehead atoms. The number of nitrogens with zero attached hydrogens (tertiary/aromatic N) is 4. The van der Waals surface area contributed by atoms with Crippen molar-refractivity contribution in [2.24, 2.45) is 4.99 Å². The number of hydrogen-bond acceptors (Lipinski definition) is 4. The number of pyridine rings is 1. The molecule has 0 spiro atoms. The van der Waals surface area contributed by atoms with E-state index in [2.05, 4.69) is 63.9 Å². The minimum atomic E-state index is 0. The number of guanidine groups is 1. The molecule has 2 aromatic heterocycles. The van der Waals surface area contributed by atoms with Crippen LogP contribution in [0.25, 0.3) is 5.82 Å². The highest BCUT2D eigenvalue weighted by Gasteiger charge is 2.43. The molecule has 2 N–H and O–H groups in total. The number of hydrogen-bond donors (Lipinski definition) is 2. The Hall–Kier alpha value is -2.07. The zero-order valence-electron chi connectivity index (χ0n) is 17.9. The third-order valence-electron chi connectivity index (χ3n) is 5.11. The van der Waals surface area contributed by atoms with E-state index in [1.54, 1.807) is 6.20 Å². The summed E-state index contributed by atoms with van der Waals surface area (Å²) in [4.78, 5) is 14.9. The number of aliphatic imine (C=N–C) groups is 1. The fraction of sp³-hybridized carbons (Fsp3) is 0.348. The van der Waals surface area contributed by atoms with Crippen LogP contribution in [0.2, 0.25) is 0 Å². The third-order valence-corrected chi connectivity index (χ3v) is 6.60. The fourth-order valence-electron chi connectivity index (χ4n) is 3.22. The summed E-state index contributed by atoms with van der Waals surface area (Å²) in [5.41, 5.74) is 1.08. The van der Waals surface area contributed by atoms with Crippen LogP contribution in [0.1, 0.15) is 31.2 Å². The van der Waals surface area contributed by atoms with Gasteiger partial charge in [-0.2, -0.15) is 0 Å². The van der Waals surface area contributed by atoms with Gasteiger partial charge in [-0.25, -0.2) is 15.0 Å². The molecule has 1 aliphatic carbocycles. The third kappa shape index (κ3) is 6.46. The normalized spacial score (nSPS) is 14.6. The van der Waals surface area contributed by atoms with Crippen LogP contribution in [0, 0.1) is 6.92 Å². The summed E-state index contributed by atoms with van der Waals surface area (Å²) in [6.45, 7) is 6.39. The first kappa shape index (κ1) is 23.6. The maximum atomic E-state index is 4.76. The maximum absolute atomic E-state index is 4.76. The summed E-state index contributed by atoms with van der Waals surface area (Å²) >= 11 is 1.97. The van der Waals surface area contributed by atoms with Crippen molar-refractivity contribution in [1.82, 2.24) is 25.2 Å². The summed E-state index contributed by atoms with van der Waals surface area (Å²) in [6.07, 6.45) is 8.06. The number of benzene rings is 1. The maximum Gasteiger partial charge on any atom is 0.191 e. The van der Waals surface area contributed by atoms with Crippen LogP contribution in [0.15, 0.2) is 70.9 Å². The molecule has 31 heavy (non-hydrogen) atoms. The monoisotopic (exact) mass is 548 g/mol. The van der Waals surface area contributed by atoms with E-state index in [-0.39, 0.29) is 28.7 Å². The van der Waals surface area contributed by atoms with Crippen molar-refractivity contribution in [3.63, 3.8) is 0 Å². The van der Waals surface area contributed by atoms with Gasteiger partial charge in [0.25, 0.3) is 0 Å². The quantitative estimate of drug-likeness (QED) is 0.245. The molecule has 1 aromatic carbocycles. The molecule has 4 rings (SSSR count). The van der Waals surface area contributed by atoms with E-state index < -0.39 is 0 Å². The first-order chi connectivity index (χ1) is 14.7. The van der Waals surface area contributed by atoms with Gasteiger partial charge in [0.1, 0.15) is 11.6 Å². The summed E-state index contributed by atoms with van der Waals surface area (Å²) < 4.78 is 2.25. The zero-order valence-corrected chi connectivity index (χ0v) is 21.1. The van der Waals surface area contributed by atoms with E-state index in [0.29, 0.717) is 6.54 Å². The number of thioether (sulfide) groups is 1. The molecule has 0 unspecified atom stereocenters. The van der Waals surface area contributed by atoms with Crippen molar-refractivity contribution in [2.45, 2.75) is 42.9 Å². The van der Waals surface area contributed by atoms with Crippen LogP contribution in [-0.2, 0) is 6.54 Å². The molecule has 8 heteroatoms. The first-order valence-electron chi connectivity index (χ1n) is 10.4. The van der Waals surface area contributed by atoms with Crippen LogP contribution in [0.4, 0.5) is 0 Å². The number of rotatable bonds is 8. The second kappa shape index (κ2) is 11.0. The highest BCUT2D eigenvalue weighted by atomic mass is 127. The average molecular weight is 548 g/mol. The molecule has 0 atom stereocenters. The van der Waals surface area contributed by atoms with Crippen molar-refractivity contribution in [3.05, 3.63) is 72.4 Å². The topological polar surface area (TPSA) is 67.1 Å². The summed E-state index contributed by atoms with van der Waals surface area (Å²) in [6, 6.07) is 14.7. The Balaban J connectivity index is 0.00000272. The van der Waals surface area contributed by atoms with Crippen LogP contribution >= 0.6 is 35.7 Å². The molecule has 2 heterocycles. The van der Waals surface area contributed by atoms with Gasteiger partial charge in [0.15, 0.2) is 5.96 Å². The largest absolute Gasteiger partial charge is 0.357 e. The van der Waals surface area contributed by atoms with Gasteiger partial charge in [0, 0.05) is 41.3 Å². The smallest absolute Gasteiger partial charge is 0.191 e. The van der Waals surface area contributed by atoms with Gasteiger partial charge in [-0.1, -0.05) is 24.3 Å². The van der Waals surface area contributed by atoms with Crippen LogP contribution in [-0.4, -0.2) is 38.3 Å². The number of imidazole rings is 1. The van der Waals surface area contributed by atoms with Crippen molar-refractivity contribution in [1.29, 1.82) is 0 Å². The molecular formula is C23H29IN6S. The summed E-state index contributed by atoms with van der Waals surface area (Å²) in [5.74, 6) is 2.65. The Bertz CT molecular complexity index is 983. The lowest BCUT2D eigenvalue weighted by Gasteiger charge is -2.18. The van der Waals surface area contributed by atoms with E-state index in [4.69, 9.17) is 4.99 Å². The Kier molecular flexibility index (Phi) is 8.36. The predicted octanol–water partition coefficient (Wildman–Crippen LogP) is 4.57. The summed E-state index contributed by atoms with van der Waals surface area (Å²) in [7, 11) is 0. The van der Waals surface area contributed by atoms with Gasteiger partial charge < -0.3 is 10.6 Å². The fourth-order valence-corrected chi connectivity index (χ4v) is 4.47. The molecule has 0 radical (unpaired) electrons. The SMILES string of the molecule is CCNC(=NCc1ccc(-n2ccnc2C)nc1)NCC1(Sc2ccccc2)CC1.I. The predicted molar refractivity (Wildman–Crippen MR) is 139 cm³/mol. The summed E-state index contributed by atoms with van der Waals surface area (Å²) in [5, 5.41) is 6.90. The van der Waals surface area contributed by atoms with Crippen LogP contribution in [0.5, 0.6) is 0 Å². The molecule has 1 aliphatic rings. The molecule has 3 aromatic rings. The molecule has 0 saturated heterocycles. The van der Waals surface area contributed by atoms with E-state index in [0.717, 1.165) is 36.3 Å². The number of aromatic nitrogens is 3. The van der Waals surface area contributed by atoms with Crippen molar-refractivity contribution in [3.8, 4) is 5.82 Å². The highest BCUT2D eigenvalue weighted by molar-refractivity contribution is 14.0. The number of aryl methyl sites for hydroxylation is 1. The first-order valence-corrected chi connectivity index (χ1v) is 11.2. The minimum Gasteiger partial charge on any atom is -0.357 e. The second-order valence-electron chi connectivity index (χ2n) is 7.52. The lowest BCUT2D eigenvalue weighted by atomic mass is 10.3. The van der Waals surface area contributed by atoms with Gasteiger partial charge in [-0.05, 0) is 50.5 Å². The number of nitrogens with one attached hydrogen (secondary N) is 2. The Morgan fingerprint density at radius 3 is 2.55 bits per heavy atom. The number of halogens is 1. The van der Waals surface area contributed by atoms with Crippen LogP contribution < -0.4 is 10.6 Å². The minimum absolute atomic E-state index is 0. The molecule has 0 amide bonds. The highest BCUT2D eigenvalue weighted by Crippen LogP contribution is 2.51. The van der Waals surface area contributed by atoms with Gasteiger partial charge in [-0.15, -0.1) is 35.7 Å². The van der Waals surface area contributed by atoms with Gasteiger partial charge in [0.05, 0.1) is 6.54 Å². The Morgan fingerprint density at radius 1 is 1.13 bits per heavy atom. The molecule has 164 valence electrons. The molecule has 0 aliphatic heterocycles. The standard InChI is InChI=1S/C23H28N6S.HI/c1-3-24-22(28-17-23(11-12-23)30-20-7-5-4-6-8-20)27-16-19-9-10-21(26-15-19)29-14-13-25-18(29)2;/h4-10,13-15H,3,11-12,16-17H2,1-2H3,(H2,24,27,28);1H. The lowest BCUT2D eigenvalue weighted by Crippen LogP contribution is -2.41. The van der Waals surface area contributed by atoms with E-state index in [9.17, 15) is 0 Å². The van der Waals surface area contributed by atoms with Gasteiger partial charge in [-0.3, -0.25) is 4.57 Å². The zero-order chi connectivity index (χ0) is 20.8. The Morgan fingerprint density at radius 2 is 1.94 bits per heavy atom.